The molecule has 0 unspecified atom stereocenters. The van der Waals surface area contributed by atoms with Crippen LogP contribution in [0.25, 0.3) is 21.8 Å². The molecule has 5 N–H and O–H groups in total. The highest BCUT2D eigenvalue weighted by molar-refractivity contribution is 7.19. The lowest BCUT2D eigenvalue weighted by molar-refractivity contribution is -0.118. The third kappa shape index (κ3) is 5.38. The van der Waals surface area contributed by atoms with Gasteiger partial charge in [-0.25, -0.2) is 23.7 Å². The van der Waals surface area contributed by atoms with Crippen molar-refractivity contribution in [2.24, 2.45) is 0 Å². The molecule has 0 saturated heterocycles. The van der Waals surface area contributed by atoms with Gasteiger partial charge >= 0.3 is 0 Å². The number of carbonyl (C=O) groups excluding carboxylic acids is 2. The molecule has 1 aliphatic rings. The highest BCUT2D eigenvalue weighted by atomic mass is 32.1. The summed E-state index contributed by atoms with van der Waals surface area (Å²) in [5.41, 5.74) is 8.49. The van der Waals surface area contributed by atoms with Gasteiger partial charge < -0.3 is 26.4 Å². The number of halogens is 2. The third-order valence-corrected chi connectivity index (χ3v) is 6.89. The van der Waals surface area contributed by atoms with Crippen molar-refractivity contribution in [2.75, 3.05) is 28.3 Å². The second-order valence-electron chi connectivity index (χ2n) is 8.80. The number of aromatic nitrogens is 3. The predicted molar refractivity (Wildman–Crippen MR) is 151 cm³/mol. The van der Waals surface area contributed by atoms with E-state index in [0.717, 1.165) is 12.1 Å². The Labute approximate surface area is 235 Å². The van der Waals surface area contributed by atoms with E-state index in [0.29, 0.717) is 44.6 Å². The first-order valence-electron chi connectivity index (χ1n) is 12.1. The fourth-order valence-corrected chi connectivity index (χ4v) is 5.02. The number of anilines is 5. The molecule has 2 aromatic heterocycles. The minimum absolute atomic E-state index is 0.0371. The van der Waals surface area contributed by atoms with Crippen LogP contribution in [0, 0.1) is 11.6 Å². The van der Waals surface area contributed by atoms with Crippen LogP contribution in [0.5, 0.6) is 5.75 Å². The fraction of sp³-hybridized carbons (Fsp3) is 0.0357. The summed E-state index contributed by atoms with van der Waals surface area (Å²) < 4.78 is 33.6. The second-order valence-corrected chi connectivity index (χ2v) is 9.83. The van der Waals surface area contributed by atoms with E-state index in [1.807, 2.05) is 0 Å². The molecule has 13 heteroatoms. The van der Waals surface area contributed by atoms with Crippen molar-refractivity contribution >= 4 is 51.3 Å². The summed E-state index contributed by atoms with van der Waals surface area (Å²) in [6.45, 7) is -0.0371. The number of ether oxygens (including phenoxy) is 1. The maximum atomic E-state index is 14.1. The summed E-state index contributed by atoms with van der Waals surface area (Å²) in [6, 6.07) is 16.8. The van der Waals surface area contributed by atoms with E-state index in [2.05, 4.69) is 30.9 Å². The van der Waals surface area contributed by atoms with Crippen molar-refractivity contribution < 1.29 is 23.1 Å². The lowest BCUT2D eigenvalue weighted by atomic mass is 10.1. The largest absolute Gasteiger partial charge is 0.482 e. The maximum absolute atomic E-state index is 14.1. The van der Waals surface area contributed by atoms with Gasteiger partial charge in [0.1, 0.15) is 22.9 Å². The lowest BCUT2D eigenvalue weighted by Gasteiger charge is -2.18. The number of hydrogen-bond donors (Lipinski definition) is 4. The molecule has 0 saturated carbocycles. The topological polar surface area (TPSA) is 144 Å². The van der Waals surface area contributed by atoms with Crippen LogP contribution in [0.15, 0.2) is 72.9 Å². The molecule has 0 spiro atoms. The van der Waals surface area contributed by atoms with Crippen molar-refractivity contribution in [3.63, 3.8) is 0 Å². The van der Waals surface area contributed by atoms with E-state index in [4.69, 9.17) is 10.5 Å². The van der Waals surface area contributed by atoms with Crippen molar-refractivity contribution in [3.05, 3.63) is 90.1 Å². The van der Waals surface area contributed by atoms with Crippen molar-refractivity contribution in [1.29, 1.82) is 0 Å². The number of amides is 2. The number of nitrogens with zero attached hydrogens (tertiary/aromatic N) is 3. The van der Waals surface area contributed by atoms with Gasteiger partial charge in [-0.3, -0.25) is 9.59 Å². The highest BCUT2D eigenvalue weighted by Crippen LogP contribution is 2.38. The molecule has 5 aromatic rings. The van der Waals surface area contributed by atoms with Crippen LogP contribution in [-0.2, 0) is 4.79 Å². The number of nitrogens with one attached hydrogen (secondary N) is 3. The van der Waals surface area contributed by atoms with Crippen LogP contribution >= 0.6 is 11.3 Å². The first-order valence-corrected chi connectivity index (χ1v) is 12.9. The van der Waals surface area contributed by atoms with E-state index >= 15 is 0 Å². The molecule has 0 fully saturated rings. The smallest absolute Gasteiger partial charge is 0.262 e. The molecule has 0 radical (unpaired) electrons. The van der Waals surface area contributed by atoms with Crippen LogP contribution in [0.3, 0.4) is 0 Å². The van der Waals surface area contributed by atoms with E-state index in [-0.39, 0.29) is 23.6 Å². The van der Waals surface area contributed by atoms with Gasteiger partial charge in [-0.05, 0) is 48.5 Å². The van der Waals surface area contributed by atoms with Gasteiger partial charge in [0.25, 0.3) is 11.8 Å². The Morgan fingerprint density at radius 1 is 1.00 bits per heavy atom. The summed E-state index contributed by atoms with van der Waals surface area (Å²) in [4.78, 5) is 38.3. The first kappa shape index (κ1) is 25.8. The Kier molecular flexibility index (Phi) is 6.69. The molecule has 2 amide bonds. The molecule has 3 heterocycles. The number of carbonyl (C=O) groups is 2. The molecular formula is C28H19F2N7O3S. The zero-order valence-electron chi connectivity index (χ0n) is 20.9. The second kappa shape index (κ2) is 10.6. The van der Waals surface area contributed by atoms with Crippen LogP contribution < -0.4 is 26.4 Å². The van der Waals surface area contributed by atoms with Gasteiger partial charge in [-0.2, -0.15) is 0 Å². The fourth-order valence-electron chi connectivity index (χ4n) is 4.19. The molecule has 0 bridgehead atoms. The first-order chi connectivity index (χ1) is 19.8. The molecular weight excluding hydrogens is 552 g/mol. The Hall–Kier alpha value is -5.43. The van der Waals surface area contributed by atoms with Gasteiger partial charge in [0, 0.05) is 23.1 Å². The summed E-state index contributed by atoms with van der Waals surface area (Å²) in [6.07, 6.45) is 1.58. The number of thiazole rings is 1. The number of benzene rings is 3. The minimum atomic E-state index is -0.963. The number of nitrogen functional groups attached to an aromatic ring is 1. The summed E-state index contributed by atoms with van der Waals surface area (Å²) in [5, 5.41) is 8.69. The molecule has 6 rings (SSSR count). The van der Waals surface area contributed by atoms with Gasteiger partial charge in [-0.1, -0.05) is 29.5 Å². The standard InChI is InChI=1S/C28H19F2N7O3S/c29-17-5-2-6-18(30)23(17)26(39)33-15-4-1-3-14(11-15)24-25(41-27(31)37-24)19-9-10-32-28(36-19)34-16-7-8-21-20(12-16)35-22(38)13-40-21/h1-12H,13H2,(H2,31,37)(H,33,39)(H,35,38)(H,32,34,36). The monoisotopic (exact) mass is 571 g/mol. The Bertz CT molecular complexity index is 1810. The number of fused-ring (bicyclic) bond motifs is 1. The molecule has 204 valence electrons. The average molecular weight is 572 g/mol. The van der Waals surface area contributed by atoms with Crippen molar-refractivity contribution in [3.8, 4) is 27.6 Å². The van der Waals surface area contributed by atoms with E-state index < -0.39 is 23.1 Å². The Morgan fingerprint density at radius 2 is 1.80 bits per heavy atom. The molecule has 1 aliphatic heterocycles. The average Bonchev–Trinajstić information content (AvgIpc) is 3.35. The molecule has 3 aromatic carbocycles. The van der Waals surface area contributed by atoms with Gasteiger partial charge in [0.2, 0.25) is 5.95 Å². The molecule has 0 aliphatic carbocycles. The minimum Gasteiger partial charge on any atom is -0.482 e. The van der Waals surface area contributed by atoms with Crippen LogP contribution in [0.1, 0.15) is 10.4 Å². The number of hydrogen-bond acceptors (Lipinski definition) is 9. The molecule has 41 heavy (non-hydrogen) atoms. The van der Waals surface area contributed by atoms with E-state index in [1.54, 1.807) is 54.7 Å². The zero-order chi connectivity index (χ0) is 28.5. The maximum Gasteiger partial charge on any atom is 0.262 e. The van der Waals surface area contributed by atoms with Crippen molar-refractivity contribution in [2.45, 2.75) is 0 Å². The normalized spacial score (nSPS) is 12.2. The summed E-state index contributed by atoms with van der Waals surface area (Å²) in [5.74, 6) is -2.24. The SMILES string of the molecule is Nc1nc(-c2cccc(NC(=O)c3c(F)cccc3F)c2)c(-c2ccnc(Nc3ccc4c(c3)NC(=O)CO4)n2)s1. The predicted octanol–water partition coefficient (Wildman–Crippen LogP) is 5.45. The van der Waals surface area contributed by atoms with Gasteiger partial charge in [-0.15, -0.1) is 0 Å². The third-order valence-electron chi connectivity index (χ3n) is 5.98. The Balaban J connectivity index is 1.27. The van der Waals surface area contributed by atoms with Crippen LogP contribution in [0.4, 0.5) is 36.9 Å². The molecule has 10 nitrogen and oxygen atoms in total. The Morgan fingerprint density at radius 3 is 2.63 bits per heavy atom. The molecule has 0 atom stereocenters. The zero-order valence-corrected chi connectivity index (χ0v) is 21.8. The van der Waals surface area contributed by atoms with Crippen molar-refractivity contribution in [1.82, 2.24) is 15.0 Å². The van der Waals surface area contributed by atoms with Gasteiger partial charge in [0.15, 0.2) is 11.7 Å². The van der Waals surface area contributed by atoms with E-state index in [1.165, 1.54) is 17.4 Å². The van der Waals surface area contributed by atoms with Crippen LogP contribution in [0.2, 0.25) is 0 Å². The highest BCUT2D eigenvalue weighted by Gasteiger charge is 2.20. The van der Waals surface area contributed by atoms with E-state index in [9.17, 15) is 18.4 Å². The number of nitrogens with two attached hydrogens (primary N) is 1. The van der Waals surface area contributed by atoms with Crippen LogP contribution in [-0.4, -0.2) is 33.4 Å². The quantitative estimate of drug-likeness (QED) is 0.211. The lowest BCUT2D eigenvalue weighted by Crippen LogP contribution is -2.25. The summed E-state index contributed by atoms with van der Waals surface area (Å²) in [7, 11) is 0. The summed E-state index contributed by atoms with van der Waals surface area (Å²) >= 11 is 1.21. The number of rotatable bonds is 6. The van der Waals surface area contributed by atoms with Gasteiger partial charge in [0.05, 0.1) is 22.0 Å².